The van der Waals surface area contributed by atoms with Crippen LogP contribution in [0.3, 0.4) is 0 Å². The molecule has 1 atom stereocenters. The van der Waals surface area contributed by atoms with Gasteiger partial charge in [-0.3, -0.25) is 4.79 Å². The Bertz CT molecular complexity index is 1170. The summed E-state index contributed by atoms with van der Waals surface area (Å²) in [5.74, 6) is 1.47. The Labute approximate surface area is 226 Å². The lowest BCUT2D eigenvalue weighted by molar-refractivity contribution is 0.0292. The van der Waals surface area contributed by atoms with Crippen molar-refractivity contribution in [1.82, 2.24) is 20.0 Å². The second-order valence-corrected chi connectivity index (χ2v) is 12.2. The molecule has 10 heteroatoms. The fourth-order valence-electron chi connectivity index (χ4n) is 4.44. The van der Waals surface area contributed by atoms with Gasteiger partial charge in [0.2, 0.25) is 0 Å². The lowest BCUT2D eigenvalue weighted by atomic mass is 9.96. The third-order valence-corrected chi connectivity index (χ3v) is 6.10. The van der Waals surface area contributed by atoms with Crippen molar-refractivity contribution >= 4 is 35.5 Å². The number of nitrogen functional groups attached to an aromatic ring is 1. The predicted octanol–water partition coefficient (Wildman–Crippen LogP) is 4.31. The van der Waals surface area contributed by atoms with Crippen LogP contribution in [-0.4, -0.2) is 72.2 Å². The number of nitrogens with two attached hydrogens (primary N) is 1. The first-order valence-electron chi connectivity index (χ1n) is 13.1. The first-order chi connectivity index (χ1) is 17.6. The fourth-order valence-corrected chi connectivity index (χ4v) is 4.44. The van der Waals surface area contributed by atoms with E-state index in [4.69, 9.17) is 15.6 Å². The second-order valence-electron chi connectivity index (χ2n) is 12.2. The monoisotopic (exact) mass is 525 g/mol. The number of aromatic nitrogens is 2. The van der Waals surface area contributed by atoms with Crippen LogP contribution in [0.4, 0.5) is 22.1 Å². The van der Waals surface area contributed by atoms with Crippen LogP contribution in [0.1, 0.15) is 63.9 Å². The number of rotatable bonds is 7. The maximum atomic E-state index is 12.4. The Morgan fingerprint density at radius 2 is 1.95 bits per heavy atom. The van der Waals surface area contributed by atoms with E-state index in [1.807, 2.05) is 50.8 Å². The molecule has 0 bridgehead atoms. The average Bonchev–Trinajstić information content (AvgIpc) is 3.43. The quantitative estimate of drug-likeness (QED) is 0.411. The zero-order chi connectivity index (χ0) is 28.3. The molecule has 0 radical (unpaired) electrons. The molecule has 2 amide bonds. The van der Waals surface area contributed by atoms with Gasteiger partial charge in [-0.15, -0.1) is 0 Å². The fraction of sp³-hybridized carbons (Fsp3) is 0.571. The highest BCUT2D eigenvalue weighted by atomic mass is 16.6. The van der Waals surface area contributed by atoms with Crippen LogP contribution >= 0.6 is 0 Å². The maximum Gasteiger partial charge on any atom is 0.410 e. The van der Waals surface area contributed by atoms with Crippen molar-refractivity contribution in [2.24, 2.45) is 16.3 Å². The summed E-state index contributed by atoms with van der Waals surface area (Å²) in [6, 6.07) is 7.29. The molecule has 2 heterocycles. The normalized spacial score (nSPS) is 16.2. The van der Waals surface area contributed by atoms with Crippen molar-refractivity contribution in [3.05, 3.63) is 35.4 Å². The van der Waals surface area contributed by atoms with Crippen LogP contribution in [0.25, 0.3) is 0 Å². The Balaban J connectivity index is 1.80. The van der Waals surface area contributed by atoms with Gasteiger partial charge in [0, 0.05) is 63.2 Å². The molecule has 1 aromatic heterocycles. The third kappa shape index (κ3) is 7.97. The van der Waals surface area contributed by atoms with Crippen molar-refractivity contribution in [3.8, 4) is 0 Å². The summed E-state index contributed by atoms with van der Waals surface area (Å²) in [5, 5.41) is 7.39. The number of nitrogens with one attached hydrogen (secondary N) is 1. The van der Waals surface area contributed by atoms with Crippen molar-refractivity contribution in [1.29, 1.82) is 0 Å². The molecule has 0 aliphatic carbocycles. The first kappa shape index (κ1) is 29.0. The Morgan fingerprint density at radius 1 is 1.24 bits per heavy atom. The van der Waals surface area contributed by atoms with Gasteiger partial charge in [0.25, 0.3) is 5.91 Å². The van der Waals surface area contributed by atoms with Crippen molar-refractivity contribution in [2.45, 2.75) is 60.1 Å². The largest absolute Gasteiger partial charge is 0.444 e. The summed E-state index contributed by atoms with van der Waals surface area (Å²) in [7, 11) is 3.64. The minimum Gasteiger partial charge on any atom is -0.444 e. The Morgan fingerprint density at radius 3 is 2.55 bits per heavy atom. The van der Waals surface area contributed by atoms with E-state index in [1.54, 1.807) is 24.1 Å². The van der Waals surface area contributed by atoms with Crippen molar-refractivity contribution in [3.63, 3.8) is 0 Å². The topological polar surface area (TPSA) is 118 Å². The number of nitrogens with zero attached hydrogens (tertiary/aromatic N) is 5. The highest BCUT2D eigenvalue weighted by Crippen LogP contribution is 2.27. The zero-order valence-electron chi connectivity index (χ0n) is 24.0. The van der Waals surface area contributed by atoms with E-state index < -0.39 is 5.60 Å². The van der Waals surface area contributed by atoms with Crippen LogP contribution in [0, 0.1) is 11.3 Å². The van der Waals surface area contributed by atoms with Crippen LogP contribution in [0.2, 0.25) is 0 Å². The van der Waals surface area contributed by atoms with Gasteiger partial charge in [-0.25, -0.2) is 14.5 Å². The number of likely N-dealkylation sites (tertiary alicyclic amines) is 1. The van der Waals surface area contributed by atoms with Gasteiger partial charge < -0.3 is 25.6 Å². The van der Waals surface area contributed by atoms with Gasteiger partial charge >= 0.3 is 6.09 Å². The smallest absolute Gasteiger partial charge is 0.410 e. The van der Waals surface area contributed by atoms with Crippen molar-refractivity contribution in [2.75, 3.05) is 44.4 Å². The summed E-state index contributed by atoms with van der Waals surface area (Å²) >= 11 is 0. The summed E-state index contributed by atoms with van der Waals surface area (Å²) in [5.41, 5.74) is 7.78. The SMILES string of the molecule is CNC(=O)c1ccc(Cn2nc(N=CC3CCN(C(=O)OC(C)(C)C)C3)cc2N(C)CC(C)(C)C)c(N)c1. The standard InChI is InChI=1S/C28H43N7O3/c1-27(2,3)18-33(8)24-14-23(31-15-19-11-12-34(16-19)26(37)38-28(4,5)6)32-35(24)17-21-10-9-20(13-22(21)29)25(36)30-7/h9-10,13-15,19H,11-12,16-18,29H2,1-8H3,(H,30,36). The van der Waals surface area contributed by atoms with Gasteiger partial charge in [-0.2, -0.15) is 5.10 Å². The molecule has 1 aromatic carbocycles. The number of ether oxygens (including phenoxy) is 1. The lowest BCUT2D eigenvalue weighted by Crippen LogP contribution is -2.35. The summed E-state index contributed by atoms with van der Waals surface area (Å²) in [6.45, 7) is 14.7. The Kier molecular flexibility index (Phi) is 8.74. The summed E-state index contributed by atoms with van der Waals surface area (Å²) in [6.07, 6.45) is 2.43. The number of benzene rings is 1. The molecule has 10 nitrogen and oxygen atoms in total. The zero-order valence-corrected chi connectivity index (χ0v) is 24.0. The molecule has 208 valence electrons. The second kappa shape index (κ2) is 11.4. The molecule has 1 unspecified atom stereocenters. The van der Waals surface area contributed by atoms with Gasteiger partial charge in [0.15, 0.2) is 5.82 Å². The minimum atomic E-state index is -0.516. The molecule has 0 saturated carbocycles. The first-order valence-corrected chi connectivity index (χ1v) is 13.1. The predicted molar refractivity (Wildman–Crippen MR) is 152 cm³/mol. The molecular formula is C28H43N7O3. The van der Waals surface area contributed by atoms with Crippen LogP contribution < -0.4 is 16.0 Å². The highest BCUT2D eigenvalue weighted by Gasteiger charge is 2.29. The van der Waals surface area contributed by atoms with E-state index in [0.29, 0.717) is 36.7 Å². The van der Waals surface area contributed by atoms with Crippen molar-refractivity contribution < 1.29 is 14.3 Å². The number of anilines is 2. The molecule has 1 fully saturated rings. The molecule has 1 saturated heterocycles. The molecule has 1 aliphatic heterocycles. The lowest BCUT2D eigenvalue weighted by Gasteiger charge is -2.28. The number of carbonyl (C=O) groups excluding carboxylic acids is 2. The minimum absolute atomic E-state index is 0.0798. The van der Waals surface area contributed by atoms with Gasteiger partial charge in [-0.1, -0.05) is 26.8 Å². The number of hydrogen-bond donors (Lipinski definition) is 2. The van der Waals surface area contributed by atoms with Crippen LogP contribution in [-0.2, 0) is 11.3 Å². The average molecular weight is 526 g/mol. The van der Waals surface area contributed by atoms with E-state index >= 15 is 0 Å². The van der Waals surface area contributed by atoms with Gasteiger partial charge in [-0.05, 0) is 50.3 Å². The number of hydrogen-bond acceptors (Lipinski definition) is 7. The molecule has 0 spiro atoms. The molecule has 3 rings (SSSR count). The molecule has 2 aromatic rings. The summed E-state index contributed by atoms with van der Waals surface area (Å²) in [4.78, 5) is 33.0. The summed E-state index contributed by atoms with van der Waals surface area (Å²) < 4.78 is 7.39. The number of aliphatic imine (C=N–C) groups is 1. The van der Waals surface area contributed by atoms with E-state index in [-0.39, 0.29) is 23.3 Å². The van der Waals surface area contributed by atoms with E-state index in [1.165, 1.54) is 0 Å². The van der Waals surface area contributed by atoms with E-state index in [0.717, 1.165) is 24.3 Å². The number of carbonyl (C=O) groups is 2. The van der Waals surface area contributed by atoms with E-state index in [9.17, 15) is 9.59 Å². The number of amides is 2. The van der Waals surface area contributed by atoms with E-state index in [2.05, 4.69) is 36.0 Å². The maximum absolute atomic E-state index is 12.4. The molecular weight excluding hydrogens is 482 g/mol. The molecule has 38 heavy (non-hydrogen) atoms. The van der Waals surface area contributed by atoms with Gasteiger partial charge in [0.05, 0.1) is 6.54 Å². The third-order valence-electron chi connectivity index (χ3n) is 6.10. The van der Waals surface area contributed by atoms with Crippen LogP contribution in [0.5, 0.6) is 0 Å². The highest BCUT2D eigenvalue weighted by molar-refractivity contribution is 5.95. The molecule has 1 aliphatic rings. The Hall–Kier alpha value is -3.56. The molecule has 3 N–H and O–H groups in total. The van der Waals surface area contributed by atoms with Gasteiger partial charge in [0.1, 0.15) is 11.4 Å². The van der Waals surface area contributed by atoms with Crippen LogP contribution in [0.15, 0.2) is 29.3 Å².